The van der Waals surface area contributed by atoms with Crippen molar-refractivity contribution in [3.8, 4) is 0 Å². The first-order valence-electron chi connectivity index (χ1n) is 13.3. The van der Waals surface area contributed by atoms with Gasteiger partial charge in [-0.3, -0.25) is 0 Å². The third-order valence-electron chi connectivity index (χ3n) is 11.6. The molecule has 9 atom stereocenters. The molecule has 0 nitrogen and oxygen atoms in total. The molecule has 0 saturated heterocycles. The summed E-state index contributed by atoms with van der Waals surface area (Å²) in [4.78, 5) is 0. The standard InChI is InChI=1S/C28H50/c1-19(2)20(3)10-11-21(4)24-14-15-25-23-13-12-22-9-7-8-17-27(22,5)26(23)16-18-28(24,25)6/h19-26H,7-18H2,1-6H3/t20?,21-,22+,23-,24+,25+,26-,27-,28+/m0/s1. The van der Waals surface area contributed by atoms with Gasteiger partial charge in [-0.25, -0.2) is 0 Å². The van der Waals surface area contributed by atoms with E-state index in [2.05, 4.69) is 41.5 Å². The van der Waals surface area contributed by atoms with E-state index >= 15 is 0 Å². The highest BCUT2D eigenvalue weighted by Gasteiger charge is 2.60. The van der Waals surface area contributed by atoms with Crippen LogP contribution in [0, 0.1) is 58.2 Å². The molecule has 4 rings (SSSR count). The summed E-state index contributed by atoms with van der Waals surface area (Å²) in [6.07, 6.45) is 18.4. The van der Waals surface area contributed by atoms with E-state index in [-0.39, 0.29) is 0 Å². The van der Waals surface area contributed by atoms with Gasteiger partial charge in [0, 0.05) is 0 Å². The molecule has 0 heterocycles. The Morgan fingerprint density at radius 2 is 1.46 bits per heavy atom. The first-order valence-corrected chi connectivity index (χ1v) is 13.3. The van der Waals surface area contributed by atoms with E-state index in [9.17, 15) is 0 Å². The van der Waals surface area contributed by atoms with E-state index in [1.807, 2.05) is 0 Å². The van der Waals surface area contributed by atoms with Gasteiger partial charge in [0.2, 0.25) is 0 Å². The van der Waals surface area contributed by atoms with Crippen LogP contribution in [0.3, 0.4) is 0 Å². The highest BCUT2D eigenvalue weighted by molar-refractivity contribution is 5.09. The summed E-state index contributed by atoms with van der Waals surface area (Å²) in [6.45, 7) is 15.4. The van der Waals surface area contributed by atoms with Crippen molar-refractivity contribution in [3.05, 3.63) is 0 Å². The fraction of sp³-hybridized carbons (Fsp3) is 1.00. The Bertz CT molecular complexity index is 534. The van der Waals surface area contributed by atoms with E-state index in [1.54, 1.807) is 51.4 Å². The third-order valence-corrected chi connectivity index (χ3v) is 11.6. The van der Waals surface area contributed by atoms with Crippen LogP contribution in [0.4, 0.5) is 0 Å². The van der Waals surface area contributed by atoms with Crippen LogP contribution in [-0.2, 0) is 0 Å². The van der Waals surface area contributed by atoms with Crippen LogP contribution < -0.4 is 0 Å². The van der Waals surface area contributed by atoms with Gasteiger partial charge in [-0.2, -0.15) is 0 Å². The summed E-state index contributed by atoms with van der Waals surface area (Å²) >= 11 is 0. The molecule has 0 aromatic rings. The van der Waals surface area contributed by atoms with Crippen molar-refractivity contribution in [2.24, 2.45) is 58.2 Å². The maximum absolute atomic E-state index is 2.75. The summed E-state index contributed by atoms with van der Waals surface area (Å²) < 4.78 is 0. The average Bonchev–Trinajstić information content (AvgIpc) is 3.02. The number of rotatable bonds is 5. The van der Waals surface area contributed by atoms with E-state index < -0.39 is 0 Å². The van der Waals surface area contributed by atoms with Crippen LogP contribution in [0.2, 0.25) is 0 Å². The number of hydrogen-bond acceptors (Lipinski definition) is 0. The summed E-state index contributed by atoms with van der Waals surface area (Å²) in [6, 6.07) is 0. The molecular weight excluding hydrogens is 336 g/mol. The molecule has 0 radical (unpaired) electrons. The Morgan fingerprint density at radius 3 is 2.21 bits per heavy atom. The minimum Gasteiger partial charge on any atom is -0.0625 e. The lowest BCUT2D eigenvalue weighted by atomic mass is 9.44. The smallest absolute Gasteiger partial charge is 0.0264 e. The normalized spacial score (nSPS) is 47.9. The van der Waals surface area contributed by atoms with E-state index in [0.29, 0.717) is 10.8 Å². The lowest BCUT2D eigenvalue weighted by Gasteiger charge is -2.61. The molecule has 4 saturated carbocycles. The van der Waals surface area contributed by atoms with Crippen molar-refractivity contribution < 1.29 is 0 Å². The Kier molecular flexibility index (Phi) is 6.01. The molecule has 0 aromatic carbocycles. The Labute approximate surface area is 177 Å². The van der Waals surface area contributed by atoms with Crippen LogP contribution in [0.1, 0.15) is 119 Å². The predicted octanol–water partition coefficient (Wildman–Crippen LogP) is 8.74. The molecule has 0 aromatic heterocycles. The lowest BCUT2D eigenvalue weighted by Crippen LogP contribution is -2.53. The quantitative estimate of drug-likeness (QED) is 0.443. The molecule has 4 aliphatic rings. The van der Waals surface area contributed by atoms with Crippen LogP contribution in [-0.4, -0.2) is 0 Å². The van der Waals surface area contributed by atoms with E-state index in [0.717, 1.165) is 47.3 Å². The largest absolute Gasteiger partial charge is 0.0625 e. The number of hydrogen-bond donors (Lipinski definition) is 0. The van der Waals surface area contributed by atoms with Crippen LogP contribution in [0.15, 0.2) is 0 Å². The van der Waals surface area contributed by atoms with Gasteiger partial charge in [0.05, 0.1) is 0 Å². The van der Waals surface area contributed by atoms with Gasteiger partial charge < -0.3 is 0 Å². The Hall–Kier alpha value is 0. The van der Waals surface area contributed by atoms with Crippen LogP contribution >= 0.6 is 0 Å². The van der Waals surface area contributed by atoms with Crippen LogP contribution in [0.25, 0.3) is 0 Å². The molecule has 1 unspecified atom stereocenters. The van der Waals surface area contributed by atoms with Gasteiger partial charge in [-0.05, 0) is 110 Å². The van der Waals surface area contributed by atoms with Gasteiger partial charge in [-0.1, -0.05) is 67.2 Å². The average molecular weight is 387 g/mol. The molecule has 28 heavy (non-hydrogen) atoms. The zero-order valence-corrected chi connectivity index (χ0v) is 20.1. The zero-order valence-electron chi connectivity index (χ0n) is 20.1. The molecule has 4 fully saturated rings. The van der Waals surface area contributed by atoms with Crippen molar-refractivity contribution >= 4 is 0 Å². The fourth-order valence-electron chi connectivity index (χ4n) is 9.33. The van der Waals surface area contributed by atoms with E-state index in [4.69, 9.17) is 0 Å². The van der Waals surface area contributed by atoms with Gasteiger partial charge in [-0.15, -0.1) is 0 Å². The fourth-order valence-corrected chi connectivity index (χ4v) is 9.33. The molecule has 0 heteroatoms. The molecule has 162 valence electrons. The molecule has 0 bridgehead atoms. The number of fused-ring (bicyclic) bond motifs is 5. The van der Waals surface area contributed by atoms with Crippen LogP contribution in [0.5, 0.6) is 0 Å². The minimum absolute atomic E-state index is 0.666. The summed E-state index contributed by atoms with van der Waals surface area (Å²) in [5.41, 5.74) is 1.37. The van der Waals surface area contributed by atoms with Crippen molar-refractivity contribution in [1.82, 2.24) is 0 Å². The maximum atomic E-state index is 2.75. The zero-order chi connectivity index (χ0) is 20.1. The van der Waals surface area contributed by atoms with Gasteiger partial charge in [0.25, 0.3) is 0 Å². The molecule has 0 N–H and O–H groups in total. The first-order chi connectivity index (χ1) is 13.3. The summed E-state index contributed by atoms with van der Waals surface area (Å²) in [5, 5.41) is 0. The molecule has 4 aliphatic carbocycles. The summed E-state index contributed by atoms with van der Waals surface area (Å²) in [5.74, 6) is 7.96. The topological polar surface area (TPSA) is 0 Å². The monoisotopic (exact) mass is 386 g/mol. The highest BCUT2D eigenvalue weighted by Crippen LogP contribution is 2.68. The first kappa shape index (κ1) is 21.2. The second-order valence-electron chi connectivity index (χ2n) is 12.9. The lowest BCUT2D eigenvalue weighted by molar-refractivity contribution is -0.114. The Morgan fingerprint density at radius 1 is 0.714 bits per heavy atom. The third kappa shape index (κ3) is 3.41. The summed E-state index contributed by atoms with van der Waals surface area (Å²) in [7, 11) is 0. The molecule has 0 aliphatic heterocycles. The Balaban J connectivity index is 1.46. The second-order valence-corrected chi connectivity index (χ2v) is 12.9. The van der Waals surface area contributed by atoms with Crippen molar-refractivity contribution in [2.75, 3.05) is 0 Å². The van der Waals surface area contributed by atoms with Gasteiger partial charge >= 0.3 is 0 Å². The SMILES string of the molecule is CC(C)C(C)CC[C@H](C)[C@H]1CC[C@@H]2[C@@H]3CC[C@H]4CCCC[C@]4(C)[C@H]3CC[C@@]21C. The molecular formula is C28H50. The van der Waals surface area contributed by atoms with Gasteiger partial charge in [0.1, 0.15) is 0 Å². The second kappa shape index (κ2) is 7.92. The van der Waals surface area contributed by atoms with Crippen molar-refractivity contribution in [3.63, 3.8) is 0 Å². The maximum Gasteiger partial charge on any atom is -0.0264 e. The molecule has 0 spiro atoms. The minimum atomic E-state index is 0.666. The van der Waals surface area contributed by atoms with Crippen molar-refractivity contribution in [1.29, 1.82) is 0 Å². The van der Waals surface area contributed by atoms with Crippen molar-refractivity contribution in [2.45, 2.75) is 119 Å². The highest BCUT2D eigenvalue weighted by atomic mass is 14.6. The predicted molar refractivity (Wildman–Crippen MR) is 122 cm³/mol. The van der Waals surface area contributed by atoms with Gasteiger partial charge in [0.15, 0.2) is 0 Å². The molecule has 0 amide bonds. The van der Waals surface area contributed by atoms with E-state index in [1.165, 1.54) is 25.7 Å².